The molecule has 0 saturated carbocycles. The maximum absolute atomic E-state index is 5.69. The van der Waals surface area contributed by atoms with Crippen molar-refractivity contribution in [3.8, 4) is 5.75 Å². The Morgan fingerprint density at radius 1 is 1.00 bits per heavy atom. The summed E-state index contributed by atoms with van der Waals surface area (Å²) >= 11 is 0. The molecule has 0 heterocycles. The highest BCUT2D eigenvalue weighted by Crippen LogP contribution is 2.13. The summed E-state index contributed by atoms with van der Waals surface area (Å²) < 4.78 is 5.69. The zero-order valence-electron chi connectivity index (χ0n) is 12.2. The largest absolute Gasteiger partial charge is 0.492 e. The molecule has 0 aliphatic heterocycles. The molecule has 20 heavy (non-hydrogen) atoms. The lowest BCUT2D eigenvalue weighted by Crippen LogP contribution is -2.23. The molecule has 106 valence electrons. The Hall–Kier alpha value is -2.00. The molecule has 0 radical (unpaired) electrons. The van der Waals surface area contributed by atoms with Gasteiger partial charge in [-0.05, 0) is 43.8 Å². The fourth-order valence-electron chi connectivity index (χ4n) is 1.97. The van der Waals surface area contributed by atoms with E-state index in [-0.39, 0.29) is 0 Å². The topological polar surface area (TPSA) is 38.5 Å². The lowest BCUT2D eigenvalue weighted by molar-refractivity contribution is 0.233. The smallest absolute Gasteiger partial charge is 0.119 e. The normalized spacial score (nSPS) is 10.8. The molecular formula is C17H22N2O. The van der Waals surface area contributed by atoms with Crippen LogP contribution in [0.1, 0.15) is 11.1 Å². The van der Waals surface area contributed by atoms with Crippen LogP contribution < -0.4 is 10.5 Å². The third kappa shape index (κ3) is 4.59. The molecule has 0 bridgehead atoms. The van der Waals surface area contributed by atoms with Crippen LogP contribution in [-0.4, -0.2) is 25.1 Å². The number of rotatable bonds is 6. The van der Waals surface area contributed by atoms with Gasteiger partial charge < -0.3 is 10.5 Å². The number of nitrogen functional groups attached to an aromatic ring is 1. The fraction of sp³-hybridized carbons (Fsp3) is 0.294. The molecule has 0 atom stereocenters. The Bertz CT molecular complexity index is 520. The first-order valence-corrected chi connectivity index (χ1v) is 6.86. The van der Waals surface area contributed by atoms with Crippen molar-refractivity contribution in [2.45, 2.75) is 13.5 Å². The first-order chi connectivity index (χ1) is 9.63. The molecule has 2 aromatic rings. The number of anilines is 1. The van der Waals surface area contributed by atoms with Crippen LogP contribution in [0.2, 0.25) is 0 Å². The maximum atomic E-state index is 5.69. The molecule has 0 aliphatic carbocycles. The van der Waals surface area contributed by atoms with Crippen molar-refractivity contribution in [3.05, 3.63) is 59.7 Å². The van der Waals surface area contributed by atoms with Crippen LogP contribution in [0.15, 0.2) is 48.5 Å². The van der Waals surface area contributed by atoms with Gasteiger partial charge >= 0.3 is 0 Å². The van der Waals surface area contributed by atoms with Gasteiger partial charge in [0.2, 0.25) is 0 Å². The Morgan fingerprint density at radius 3 is 2.30 bits per heavy atom. The van der Waals surface area contributed by atoms with Crippen molar-refractivity contribution in [2.75, 3.05) is 25.9 Å². The number of hydrogen-bond donors (Lipinski definition) is 1. The molecular weight excluding hydrogens is 248 g/mol. The quantitative estimate of drug-likeness (QED) is 0.820. The van der Waals surface area contributed by atoms with Gasteiger partial charge in [-0.15, -0.1) is 0 Å². The third-order valence-corrected chi connectivity index (χ3v) is 3.19. The summed E-state index contributed by atoms with van der Waals surface area (Å²) in [4.78, 5) is 2.25. The lowest BCUT2D eigenvalue weighted by atomic mass is 10.1. The van der Waals surface area contributed by atoms with Crippen LogP contribution in [0, 0.1) is 6.92 Å². The average Bonchev–Trinajstić information content (AvgIpc) is 2.44. The van der Waals surface area contributed by atoms with Gasteiger partial charge in [-0.25, -0.2) is 0 Å². The van der Waals surface area contributed by atoms with Gasteiger partial charge in [0.05, 0.1) is 0 Å². The number of aryl methyl sites for hydroxylation is 1. The van der Waals surface area contributed by atoms with Gasteiger partial charge in [-0.2, -0.15) is 0 Å². The molecule has 3 heteroatoms. The van der Waals surface area contributed by atoms with Crippen molar-refractivity contribution >= 4 is 5.69 Å². The number of nitrogens with zero attached hydrogens (tertiary/aromatic N) is 1. The second kappa shape index (κ2) is 6.96. The minimum atomic E-state index is 0.673. The Balaban J connectivity index is 1.73. The van der Waals surface area contributed by atoms with Crippen LogP contribution in [-0.2, 0) is 6.54 Å². The number of ether oxygens (including phenoxy) is 1. The van der Waals surface area contributed by atoms with Gasteiger partial charge in [-0.1, -0.05) is 29.8 Å². The van der Waals surface area contributed by atoms with E-state index in [1.165, 1.54) is 11.1 Å². The van der Waals surface area contributed by atoms with Crippen molar-refractivity contribution in [3.63, 3.8) is 0 Å². The molecule has 0 aromatic heterocycles. The zero-order chi connectivity index (χ0) is 14.4. The van der Waals surface area contributed by atoms with E-state index in [4.69, 9.17) is 10.5 Å². The van der Waals surface area contributed by atoms with Crippen LogP contribution >= 0.6 is 0 Å². The van der Waals surface area contributed by atoms with Crippen LogP contribution in [0.4, 0.5) is 5.69 Å². The predicted molar refractivity (Wildman–Crippen MR) is 83.9 cm³/mol. The molecule has 0 fully saturated rings. The Labute approximate surface area is 121 Å². The molecule has 2 N–H and O–H groups in total. The van der Waals surface area contributed by atoms with Gasteiger partial charge in [0.1, 0.15) is 12.4 Å². The molecule has 3 nitrogen and oxygen atoms in total. The van der Waals surface area contributed by atoms with Crippen LogP contribution in [0.3, 0.4) is 0 Å². The highest BCUT2D eigenvalue weighted by molar-refractivity contribution is 5.41. The maximum Gasteiger partial charge on any atom is 0.119 e. The second-order valence-corrected chi connectivity index (χ2v) is 5.14. The summed E-state index contributed by atoms with van der Waals surface area (Å²) in [7, 11) is 2.10. The Kier molecular flexibility index (Phi) is 5.02. The highest BCUT2D eigenvalue weighted by Gasteiger charge is 2.01. The summed E-state index contributed by atoms with van der Waals surface area (Å²) in [6, 6.07) is 16.1. The van der Waals surface area contributed by atoms with E-state index in [0.717, 1.165) is 24.5 Å². The monoisotopic (exact) mass is 270 g/mol. The van der Waals surface area contributed by atoms with E-state index < -0.39 is 0 Å². The summed E-state index contributed by atoms with van der Waals surface area (Å²) in [6.07, 6.45) is 0. The minimum absolute atomic E-state index is 0.673. The van der Waals surface area contributed by atoms with Gasteiger partial charge in [0, 0.05) is 18.8 Å². The van der Waals surface area contributed by atoms with Gasteiger partial charge in [0.25, 0.3) is 0 Å². The van der Waals surface area contributed by atoms with Gasteiger partial charge in [-0.3, -0.25) is 4.90 Å². The zero-order valence-corrected chi connectivity index (χ0v) is 12.2. The van der Waals surface area contributed by atoms with E-state index in [1.54, 1.807) is 0 Å². The molecule has 0 spiro atoms. The standard InChI is InChI=1S/C17H22N2O/c1-14-3-5-15(6-4-14)13-19(2)11-12-20-17-9-7-16(18)8-10-17/h3-10H,11-13,18H2,1-2H3. The summed E-state index contributed by atoms with van der Waals surface area (Å²) in [5.41, 5.74) is 9.01. The number of benzene rings is 2. The second-order valence-electron chi connectivity index (χ2n) is 5.14. The highest BCUT2D eigenvalue weighted by atomic mass is 16.5. The number of hydrogen-bond acceptors (Lipinski definition) is 3. The van der Waals surface area contributed by atoms with E-state index in [2.05, 4.69) is 43.1 Å². The first-order valence-electron chi connectivity index (χ1n) is 6.86. The summed E-state index contributed by atoms with van der Waals surface area (Å²) in [5, 5.41) is 0. The SMILES string of the molecule is Cc1ccc(CN(C)CCOc2ccc(N)cc2)cc1. The lowest BCUT2D eigenvalue weighted by Gasteiger charge is -2.17. The summed E-state index contributed by atoms with van der Waals surface area (Å²) in [6.45, 7) is 4.60. The molecule has 0 saturated heterocycles. The number of likely N-dealkylation sites (N-methyl/N-ethyl adjacent to an activating group) is 1. The molecule has 0 amide bonds. The van der Waals surface area contributed by atoms with Crippen molar-refractivity contribution in [1.82, 2.24) is 4.90 Å². The van der Waals surface area contributed by atoms with E-state index in [1.807, 2.05) is 24.3 Å². The van der Waals surface area contributed by atoms with Gasteiger partial charge in [0.15, 0.2) is 0 Å². The average molecular weight is 270 g/mol. The van der Waals surface area contributed by atoms with E-state index in [0.29, 0.717) is 6.61 Å². The molecule has 0 unspecified atom stereocenters. The minimum Gasteiger partial charge on any atom is -0.492 e. The van der Waals surface area contributed by atoms with Crippen LogP contribution in [0.5, 0.6) is 5.75 Å². The summed E-state index contributed by atoms with van der Waals surface area (Å²) in [5.74, 6) is 0.864. The molecule has 0 aliphatic rings. The van der Waals surface area contributed by atoms with Crippen molar-refractivity contribution < 1.29 is 4.74 Å². The van der Waals surface area contributed by atoms with Crippen molar-refractivity contribution in [1.29, 1.82) is 0 Å². The predicted octanol–water partition coefficient (Wildman–Crippen LogP) is 3.09. The third-order valence-electron chi connectivity index (χ3n) is 3.19. The van der Waals surface area contributed by atoms with Crippen LogP contribution in [0.25, 0.3) is 0 Å². The first kappa shape index (κ1) is 14.4. The fourth-order valence-corrected chi connectivity index (χ4v) is 1.97. The number of nitrogens with two attached hydrogens (primary N) is 1. The van der Waals surface area contributed by atoms with E-state index >= 15 is 0 Å². The molecule has 2 rings (SSSR count). The van der Waals surface area contributed by atoms with Crippen molar-refractivity contribution in [2.24, 2.45) is 0 Å². The Morgan fingerprint density at radius 2 is 1.65 bits per heavy atom. The van der Waals surface area contributed by atoms with E-state index in [9.17, 15) is 0 Å². The molecule has 2 aromatic carbocycles.